The number of rotatable bonds is 3. The molecular formula is C16H15ClN4O. The summed E-state index contributed by atoms with van der Waals surface area (Å²) in [4.78, 5) is 6.27. The first-order valence-electron chi connectivity index (χ1n) is 7.07. The second-order valence-electron chi connectivity index (χ2n) is 4.91. The molecule has 0 bridgehead atoms. The average molecular weight is 315 g/mol. The summed E-state index contributed by atoms with van der Waals surface area (Å²) >= 11 is 6.11. The van der Waals surface area contributed by atoms with Gasteiger partial charge in [-0.25, -0.2) is 0 Å². The van der Waals surface area contributed by atoms with Crippen molar-refractivity contribution in [2.75, 3.05) is 31.1 Å². The van der Waals surface area contributed by atoms with Crippen LogP contribution in [0.25, 0.3) is 12.2 Å². The third-order valence-electron chi connectivity index (χ3n) is 3.45. The lowest BCUT2D eigenvalue weighted by Crippen LogP contribution is -2.43. The molecule has 0 saturated carbocycles. The van der Waals surface area contributed by atoms with Crippen LogP contribution in [-0.4, -0.2) is 31.2 Å². The van der Waals surface area contributed by atoms with Gasteiger partial charge in [-0.15, -0.1) is 0 Å². The molecule has 1 fully saturated rings. The number of nitriles is 1. The Morgan fingerprint density at radius 2 is 2.05 bits per heavy atom. The molecule has 0 radical (unpaired) electrons. The maximum Gasteiger partial charge on any atom is 0.235 e. The Bertz CT molecular complexity index is 726. The average Bonchev–Trinajstić information content (AvgIpc) is 2.98. The summed E-state index contributed by atoms with van der Waals surface area (Å²) in [7, 11) is 0. The van der Waals surface area contributed by atoms with E-state index in [0.717, 1.165) is 31.7 Å². The van der Waals surface area contributed by atoms with E-state index in [9.17, 15) is 5.26 Å². The van der Waals surface area contributed by atoms with E-state index in [-0.39, 0.29) is 0 Å². The van der Waals surface area contributed by atoms with Crippen molar-refractivity contribution in [1.82, 2.24) is 10.3 Å². The van der Waals surface area contributed by atoms with E-state index in [4.69, 9.17) is 16.0 Å². The fourth-order valence-electron chi connectivity index (χ4n) is 2.33. The molecule has 0 amide bonds. The standard InChI is InChI=1S/C16H15ClN4O/c17-13-4-2-1-3-12(13)5-6-15-20-14(11-18)16(22-15)21-9-7-19-8-10-21/h1-6,19H,7-10H2/b6-5+. The zero-order valence-electron chi connectivity index (χ0n) is 11.9. The number of oxazole rings is 1. The van der Waals surface area contributed by atoms with Gasteiger partial charge in [-0.05, 0) is 17.7 Å². The van der Waals surface area contributed by atoms with Gasteiger partial charge in [0, 0.05) is 37.3 Å². The molecule has 0 aliphatic carbocycles. The summed E-state index contributed by atoms with van der Waals surface area (Å²) in [5.74, 6) is 0.952. The Hall–Kier alpha value is -2.29. The Labute approximate surface area is 133 Å². The molecule has 2 heterocycles. The molecule has 0 spiro atoms. The molecule has 1 aromatic carbocycles. The Morgan fingerprint density at radius 3 is 2.77 bits per heavy atom. The molecule has 0 unspecified atom stereocenters. The smallest absolute Gasteiger partial charge is 0.235 e. The van der Waals surface area contributed by atoms with Gasteiger partial charge in [-0.2, -0.15) is 10.2 Å². The SMILES string of the molecule is N#Cc1nc(/C=C/c2ccccc2Cl)oc1N1CCNCC1. The molecule has 1 aromatic heterocycles. The lowest BCUT2D eigenvalue weighted by atomic mass is 10.2. The zero-order chi connectivity index (χ0) is 15.4. The monoisotopic (exact) mass is 314 g/mol. The van der Waals surface area contributed by atoms with Crippen molar-refractivity contribution in [3.63, 3.8) is 0 Å². The highest BCUT2D eigenvalue weighted by atomic mass is 35.5. The minimum atomic E-state index is 0.320. The topological polar surface area (TPSA) is 65.1 Å². The fraction of sp³-hybridized carbons (Fsp3) is 0.250. The quantitative estimate of drug-likeness (QED) is 0.943. The third kappa shape index (κ3) is 3.14. The lowest BCUT2D eigenvalue weighted by molar-refractivity contribution is 0.498. The van der Waals surface area contributed by atoms with Crippen LogP contribution >= 0.6 is 11.6 Å². The van der Waals surface area contributed by atoms with Gasteiger partial charge < -0.3 is 14.6 Å². The largest absolute Gasteiger partial charge is 0.420 e. The van der Waals surface area contributed by atoms with Crippen molar-refractivity contribution in [3.05, 3.63) is 46.4 Å². The van der Waals surface area contributed by atoms with Gasteiger partial charge in [-0.3, -0.25) is 0 Å². The second kappa shape index (κ2) is 6.65. The van der Waals surface area contributed by atoms with Gasteiger partial charge in [0.25, 0.3) is 0 Å². The second-order valence-corrected chi connectivity index (χ2v) is 5.32. The lowest BCUT2D eigenvalue weighted by Gasteiger charge is -2.26. The Kier molecular flexibility index (Phi) is 4.42. The minimum absolute atomic E-state index is 0.320. The highest BCUT2D eigenvalue weighted by molar-refractivity contribution is 6.32. The van der Waals surface area contributed by atoms with E-state index in [0.29, 0.717) is 22.5 Å². The number of hydrogen-bond acceptors (Lipinski definition) is 5. The number of hydrogen-bond donors (Lipinski definition) is 1. The Morgan fingerprint density at radius 1 is 1.27 bits per heavy atom. The first-order valence-corrected chi connectivity index (χ1v) is 7.45. The summed E-state index contributed by atoms with van der Waals surface area (Å²) in [6, 6.07) is 9.61. The highest BCUT2D eigenvalue weighted by Crippen LogP contribution is 2.24. The van der Waals surface area contributed by atoms with Crippen molar-refractivity contribution in [2.24, 2.45) is 0 Å². The van der Waals surface area contributed by atoms with Crippen molar-refractivity contribution in [3.8, 4) is 6.07 Å². The molecule has 2 aromatic rings. The van der Waals surface area contributed by atoms with E-state index >= 15 is 0 Å². The molecule has 6 heteroatoms. The molecule has 5 nitrogen and oxygen atoms in total. The van der Waals surface area contributed by atoms with Crippen molar-refractivity contribution < 1.29 is 4.42 Å². The number of nitrogens with zero attached hydrogens (tertiary/aromatic N) is 3. The molecule has 3 rings (SSSR count). The van der Waals surface area contributed by atoms with Crippen LogP contribution < -0.4 is 10.2 Å². The van der Waals surface area contributed by atoms with E-state index in [2.05, 4.69) is 16.4 Å². The number of benzene rings is 1. The number of piperazine rings is 1. The highest BCUT2D eigenvalue weighted by Gasteiger charge is 2.20. The summed E-state index contributed by atoms with van der Waals surface area (Å²) in [6.07, 6.45) is 3.56. The number of anilines is 1. The third-order valence-corrected chi connectivity index (χ3v) is 3.79. The predicted octanol–water partition coefficient (Wildman–Crippen LogP) is 2.78. The predicted molar refractivity (Wildman–Crippen MR) is 86.7 cm³/mol. The van der Waals surface area contributed by atoms with Gasteiger partial charge in [0.1, 0.15) is 6.07 Å². The Balaban J connectivity index is 1.85. The fourth-order valence-corrected chi connectivity index (χ4v) is 2.52. The minimum Gasteiger partial charge on any atom is -0.420 e. The molecule has 1 aliphatic rings. The molecular weight excluding hydrogens is 300 g/mol. The summed E-state index contributed by atoms with van der Waals surface area (Å²) < 4.78 is 5.74. The van der Waals surface area contributed by atoms with Crippen LogP contribution in [0.15, 0.2) is 28.7 Å². The van der Waals surface area contributed by atoms with E-state index < -0.39 is 0 Å². The van der Waals surface area contributed by atoms with Crippen LogP contribution in [0, 0.1) is 11.3 Å². The van der Waals surface area contributed by atoms with Crippen LogP contribution in [0.2, 0.25) is 5.02 Å². The van der Waals surface area contributed by atoms with E-state index in [1.54, 1.807) is 6.08 Å². The van der Waals surface area contributed by atoms with Gasteiger partial charge in [0.15, 0.2) is 0 Å². The molecule has 22 heavy (non-hydrogen) atoms. The first-order chi connectivity index (χ1) is 10.8. The van der Waals surface area contributed by atoms with Crippen molar-refractivity contribution in [2.45, 2.75) is 0 Å². The molecule has 1 N–H and O–H groups in total. The van der Waals surface area contributed by atoms with Gasteiger partial charge in [-0.1, -0.05) is 29.8 Å². The first kappa shape index (κ1) is 14.6. The number of nitrogens with one attached hydrogen (secondary N) is 1. The van der Waals surface area contributed by atoms with Crippen LogP contribution in [0.5, 0.6) is 0 Å². The van der Waals surface area contributed by atoms with Gasteiger partial charge >= 0.3 is 0 Å². The molecule has 1 saturated heterocycles. The van der Waals surface area contributed by atoms with E-state index in [1.165, 1.54) is 0 Å². The maximum absolute atomic E-state index is 9.23. The van der Waals surface area contributed by atoms with Gasteiger partial charge in [0.2, 0.25) is 17.5 Å². The normalized spacial score (nSPS) is 15.2. The maximum atomic E-state index is 9.23. The van der Waals surface area contributed by atoms with E-state index in [1.807, 2.05) is 35.2 Å². The number of halogens is 1. The van der Waals surface area contributed by atoms with Crippen LogP contribution in [-0.2, 0) is 0 Å². The number of aromatic nitrogens is 1. The summed E-state index contributed by atoms with van der Waals surface area (Å²) in [6.45, 7) is 3.35. The van der Waals surface area contributed by atoms with Crippen LogP contribution in [0.1, 0.15) is 17.1 Å². The zero-order valence-corrected chi connectivity index (χ0v) is 12.7. The summed E-state index contributed by atoms with van der Waals surface area (Å²) in [5.41, 5.74) is 1.20. The molecule has 112 valence electrons. The van der Waals surface area contributed by atoms with Crippen molar-refractivity contribution >= 4 is 29.6 Å². The van der Waals surface area contributed by atoms with Crippen LogP contribution in [0.4, 0.5) is 5.88 Å². The van der Waals surface area contributed by atoms with Crippen LogP contribution in [0.3, 0.4) is 0 Å². The van der Waals surface area contributed by atoms with Gasteiger partial charge in [0.05, 0.1) is 0 Å². The summed E-state index contributed by atoms with van der Waals surface area (Å²) in [5, 5.41) is 13.2. The molecule has 1 aliphatic heterocycles. The molecule has 0 atom stereocenters. The van der Waals surface area contributed by atoms with Crippen molar-refractivity contribution in [1.29, 1.82) is 5.26 Å².